The molecule has 5 nitrogen and oxygen atoms in total. The minimum atomic E-state index is -0.171. The Morgan fingerprint density at radius 1 is 0.923 bits per heavy atom. The molecule has 2 aromatic carbocycles. The maximum absolute atomic E-state index is 12.2. The van der Waals surface area contributed by atoms with Crippen LogP contribution in [0.5, 0.6) is 0 Å². The average Bonchev–Trinajstić information content (AvgIpc) is 2.68. The van der Waals surface area contributed by atoms with E-state index < -0.39 is 0 Å². The summed E-state index contributed by atoms with van der Waals surface area (Å²) in [4.78, 5) is 28.2. The second-order valence-corrected chi connectivity index (χ2v) is 5.94. The Morgan fingerprint density at radius 3 is 2.38 bits per heavy atom. The molecular formula is C21H19N3O2. The summed E-state index contributed by atoms with van der Waals surface area (Å²) in [6.07, 6.45) is 3.15. The SMILES string of the molecule is Cc1cccc(C(=O)Nc2ccc(CNC(=O)c3cccnc3)cc2)c1. The highest BCUT2D eigenvalue weighted by Crippen LogP contribution is 2.12. The molecule has 0 unspecified atom stereocenters. The minimum Gasteiger partial charge on any atom is -0.348 e. The van der Waals surface area contributed by atoms with Crippen LogP contribution in [-0.4, -0.2) is 16.8 Å². The summed E-state index contributed by atoms with van der Waals surface area (Å²) in [6, 6.07) is 18.3. The summed E-state index contributed by atoms with van der Waals surface area (Å²) in [5.74, 6) is -0.318. The molecule has 0 bridgehead atoms. The third-order valence-corrected chi connectivity index (χ3v) is 3.87. The van der Waals surface area contributed by atoms with E-state index >= 15 is 0 Å². The second-order valence-electron chi connectivity index (χ2n) is 5.94. The molecule has 0 aliphatic carbocycles. The summed E-state index contributed by atoms with van der Waals surface area (Å²) in [5, 5.41) is 5.71. The van der Waals surface area contributed by atoms with Crippen molar-refractivity contribution in [1.29, 1.82) is 0 Å². The van der Waals surface area contributed by atoms with Crippen LogP contribution in [0.25, 0.3) is 0 Å². The number of aryl methyl sites for hydroxylation is 1. The van der Waals surface area contributed by atoms with Gasteiger partial charge in [-0.2, -0.15) is 0 Å². The fourth-order valence-corrected chi connectivity index (χ4v) is 2.48. The fourth-order valence-electron chi connectivity index (χ4n) is 2.48. The lowest BCUT2D eigenvalue weighted by Gasteiger charge is -2.08. The van der Waals surface area contributed by atoms with Crippen molar-refractivity contribution in [1.82, 2.24) is 10.3 Å². The van der Waals surface area contributed by atoms with Crippen molar-refractivity contribution in [3.05, 3.63) is 95.3 Å². The molecular weight excluding hydrogens is 326 g/mol. The van der Waals surface area contributed by atoms with Crippen LogP contribution in [0.2, 0.25) is 0 Å². The van der Waals surface area contributed by atoms with Crippen LogP contribution in [0, 0.1) is 6.92 Å². The zero-order chi connectivity index (χ0) is 18.4. The summed E-state index contributed by atoms with van der Waals surface area (Å²) in [6.45, 7) is 2.35. The van der Waals surface area contributed by atoms with E-state index in [2.05, 4.69) is 15.6 Å². The number of nitrogens with zero attached hydrogens (tertiary/aromatic N) is 1. The van der Waals surface area contributed by atoms with E-state index in [1.54, 1.807) is 24.4 Å². The number of aromatic nitrogens is 1. The number of hydrogen-bond donors (Lipinski definition) is 2. The van der Waals surface area contributed by atoms with E-state index in [4.69, 9.17) is 0 Å². The van der Waals surface area contributed by atoms with Crippen LogP contribution in [0.3, 0.4) is 0 Å². The second kappa shape index (κ2) is 8.07. The van der Waals surface area contributed by atoms with Gasteiger partial charge in [0, 0.05) is 30.2 Å². The number of pyridine rings is 1. The highest BCUT2D eigenvalue weighted by Gasteiger charge is 2.07. The maximum atomic E-state index is 12.2. The van der Waals surface area contributed by atoms with Crippen LogP contribution in [0.4, 0.5) is 5.69 Å². The number of rotatable bonds is 5. The molecule has 2 amide bonds. The van der Waals surface area contributed by atoms with Crippen LogP contribution < -0.4 is 10.6 Å². The zero-order valence-corrected chi connectivity index (χ0v) is 14.4. The highest BCUT2D eigenvalue weighted by molar-refractivity contribution is 6.04. The molecule has 0 spiro atoms. The van der Waals surface area contributed by atoms with Crippen molar-refractivity contribution in [2.24, 2.45) is 0 Å². The number of hydrogen-bond acceptors (Lipinski definition) is 3. The molecule has 0 aliphatic rings. The lowest BCUT2D eigenvalue weighted by Crippen LogP contribution is -2.22. The van der Waals surface area contributed by atoms with Crippen molar-refractivity contribution in [2.45, 2.75) is 13.5 Å². The first-order valence-corrected chi connectivity index (χ1v) is 8.27. The van der Waals surface area contributed by atoms with Gasteiger partial charge >= 0.3 is 0 Å². The molecule has 130 valence electrons. The number of amides is 2. The Morgan fingerprint density at radius 2 is 1.69 bits per heavy atom. The number of carbonyl (C=O) groups excluding carboxylic acids is 2. The molecule has 0 aliphatic heterocycles. The van der Waals surface area contributed by atoms with Gasteiger partial charge in [-0.15, -0.1) is 0 Å². The first kappa shape index (κ1) is 17.4. The van der Waals surface area contributed by atoms with Gasteiger partial charge in [-0.3, -0.25) is 14.6 Å². The van der Waals surface area contributed by atoms with Crippen LogP contribution in [0.15, 0.2) is 73.1 Å². The Kier molecular flexibility index (Phi) is 5.39. The van der Waals surface area contributed by atoms with Gasteiger partial charge in [-0.05, 0) is 48.9 Å². The van der Waals surface area contributed by atoms with Gasteiger partial charge in [0.2, 0.25) is 0 Å². The number of anilines is 1. The van der Waals surface area contributed by atoms with Crippen molar-refractivity contribution < 1.29 is 9.59 Å². The third-order valence-electron chi connectivity index (χ3n) is 3.87. The van der Waals surface area contributed by atoms with E-state index in [9.17, 15) is 9.59 Å². The van der Waals surface area contributed by atoms with Crippen LogP contribution in [0.1, 0.15) is 31.8 Å². The largest absolute Gasteiger partial charge is 0.348 e. The molecule has 0 atom stereocenters. The number of nitrogens with one attached hydrogen (secondary N) is 2. The molecule has 3 rings (SSSR count). The van der Waals surface area contributed by atoms with E-state index in [0.29, 0.717) is 23.4 Å². The quantitative estimate of drug-likeness (QED) is 0.742. The Hall–Kier alpha value is -3.47. The lowest BCUT2D eigenvalue weighted by molar-refractivity contribution is 0.0949. The van der Waals surface area contributed by atoms with Gasteiger partial charge < -0.3 is 10.6 Å². The third kappa shape index (κ3) is 4.54. The molecule has 0 saturated heterocycles. The van der Waals surface area contributed by atoms with Gasteiger partial charge in [0.05, 0.1) is 5.56 Å². The van der Waals surface area contributed by atoms with E-state index in [1.807, 2.05) is 49.4 Å². The molecule has 0 fully saturated rings. The van der Waals surface area contributed by atoms with Crippen molar-refractivity contribution in [2.75, 3.05) is 5.32 Å². The molecule has 0 saturated carbocycles. The first-order chi connectivity index (χ1) is 12.6. The molecule has 1 heterocycles. The van der Waals surface area contributed by atoms with Crippen molar-refractivity contribution in [3.8, 4) is 0 Å². The standard InChI is InChI=1S/C21H19N3O2/c1-15-4-2-5-17(12-15)21(26)24-19-9-7-16(8-10-19)13-23-20(25)18-6-3-11-22-14-18/h2-12,14H,13H2,1H3,(H,23,25)(H,24,26). The molecule has 1 aromatic heterocycles. The molecule has 26 heavy (non-hydrogen) atoms. The minimum absolute atomic E-state index is 0.147. The smallest absolute Gasteiger partial charge is 0.255 e. The monoisotopic (exact) mass is 345 g/mol. The van der Waals surface area contributed by atoms with Crippen molar-refractivity contribution in [3.63, 3.8) is 0 Å². The average molecular weight is 345 g/mol. The van der Waals surface area contributed by atoms with Crippen molar-refractivity contribution >= 4 is 17.5 Å². The Bertz CT molecular complexity index is 906. The topological polar surface area (TPSA) is 71.1 Å². The summed E-state index contributed by atoms with van der Waals surface area (Å²) in [7, 11) is 0. The first-order valence-electron chi connectivity index (χ1n) is 8.27. The molecule has 3 aromatic rings. The predicted molar refractivity (Wildman–Crippen MR) is 101 cm³/mol. The number of carbonyl (C=O) groups is 2. The van der Waals surface area contributed by atoms with Gasteiger partial charge in [0.15, 0.2) is 0 Å². The number of benzene rings is 2. The van der Waals surface area contributed by atoms with Gasteiger partial charge in [0.25, 0.3) is 11.8 Å². The lowest BCUT2D eigenvalue weighted by atomic mass is 10.1. The summed E-state index contributed by atoms with van der Waals surface area (Å²) in [5.41, 5.74) is 3.83. The van der Waals surface area contributed by atoms with E-state index in [-0.39, 0.29) is 11.8 Å². The molecule has 5 heteroatoms. The predicted octanol–water partition coefficient (Wildman–Crippen LogP) is 3.57. The normalized spacial score (nSPS) is 10.2. The molecule has 0 radical (unpaired) electrons. The van der Waals surface area contributed by atoms with E-state index in [1.165, 1.54) is 6.20 Å². The molecule has 2 N–H and O–H groups in total. The Balaban J connectivity index is 1.56. The van der Waals surface area contributed by atoms with Crippen LogP contribution >= 0.6 is 0 Å². The highest BCUT2D eigenvalue weighted by atomic mass is 16.2. The fraction of sp³-hybridized carbons (Fsp3) is 0.0952. The summed E-state index contributed by atoms with van der Waals surface area (Å²) < 4.78 is 0. The zero-order valence-electron chi connectivity index (χ0n) is 14.4. The van der Waals surface area contributed by atoms with Gasteiger partial charge in [-0.25, -0.2) is 0 Å². The van der Waals surface area contributed by atoms with Crippen LogP contribution in [-0.2, 0) is 6.54 Å². The van der Waals surface area contributed by atoms with E-state index in [0.717, 1.165) is 11.1 Å². The Labute approximate surface area is 152 Å². The summed E-state index contributed by atoms with van der Waals surface area (Å²) >= 11 is 0. The maximum Gasteiger partial charge on any atom is 0.255 e. The van der Waals surface area contributed by atoms with Gasteiger partial charge in [0.1, 0.15) is 0 Å². The van der Waals surface area contributed by atoms with Gasteiger partial charge in [-0.1, -0.05) is 29.8 Å².